The van der Waals surface area contributed by atoms with Crippen molar-refractivity contribution in [3.8, 4) is 16.9 Å². The number of hydrogen-bond acceptors (Lipinski definition) is 2. The van der Waals surface area contributed by atoms with Gasteiger partial charge in [0.05, 0.1) is 16.7 Å². The molecule has 0 N–H and O–H groups in total. The van der Waals surface area contributed by atoms with Crippen LogP contribution in [0.1, 0.15) is 0 Å². The van der Waals surface area contributed by atoms with E-state index < -0.39 is 0 Å². The first-order valence-corrected chi connectivity index (χ1v) is 8.97. The fourth-order valence-electron chi connectivity index (χ4n) is 3.37. The first kappa shape index (κ1) is 16.8. The lowest BCUT2D eigenvalue weighted by molar-refractivity contribution is 0.628. The first-order chi connectivity index (χ1) is 13.6. The summed E-state index contributed by atoms with van der Waals surface area (Å²) in [6.07, 6.45) is 1.71. The third-order valence-electron chi connectivity index (χ3n) is 4.64. The molecule has 0 amide bonds. The van der Waals surface area contributed by atoms with E-state index in [1.54, 1.807) is 41.2 Å². The van der Waals surface area contributed by atoms with Crippen molar-refractivity contribution in [2.75, 3.05) is 0 Å². The number of benzene rings is 3. The molecule has 2 heterocycles. The Balaban J connectivity index is 1.91. The maximum atomic E-state index is 14.0. The minimum absolute atomic E-state index is 0.326. The monoisotopic (exact) mass is 391 g/mol. The lowest BCUT2D eigenvalue weighted by Gasteiger charge is -2.06. The molecule has 0 unspecified atom stereocenters. The van der Waals surface area contributed by atoms with E-state index in [0.29, 0.717) is 27.1 Å². The first-order valence-electron chi connectivity index (χ1n) is 8.59. The average Bonchev–Trinajstić information content (AvgIpc) is 3.09. The van der Waals surface area contributed by atoms with Gasteiger partial charge in [-0.15, -0.1) is 0 Å². The zero-order valence-corrected chi connectivity index (χ0v) is 15.2. The topological polar surface area (TPSA) is 30.7 Å². The van der Waals surface area contributed by atoms with E-state index in [1.165, 1.54) is 24.3 Å². The van der Waals surface area contributed by atoms with Crippen LogP contribution in [0.2, 0.25) is 5.02 Å². The molecule has 136 valence electrons. The predicted molar refractivity (Wildman–Crippen MR) is 107 cm³/mol. The molecule has 0 aliphatic heterocycles. The molecule has 5 aromatic rings. The van der Waals surface area contributed by atoms with Crippen LogP contribution in [0.15, 0.2) is 72.9 Å². The van der Waals surface area contributed by atoms with Gasteiger partial charge >= 0.3 is 0 Å². The van der Waals surface area contributed by atoms with Crippen LogP contribution in [0.4, 0.5) is 8.78 Å². The molecule has 0 aliphatic carbocycles. The van der Waals surface area contributed by atoms with Gasteiger partial charge in [-0.3, -0.25) is 4.98 Å². The van der Waals surface area contributed by atoms with Crippen LogP contribution in [-0.4, -0.2) is 14.8 Å². The number of nitrogens with zero attached hydrogens (tertiary/aromatic N) is 3. The highest BCUT2D eigenvalue weighted by Crippen LogP contribution is 2.34. The number of fused-ring (bicyclic) bond motifs is 3. The van der Waals surface area contributed by atoms with Crippen LogP contribution in [0, 0.1) is 11.6 Å². The van der Waals surface area contributed by atoms with Gasteiger partial charge in [0, 0.05) is 27.6 Å². The van der Waals surface area contributed by atoms with Gasteiger partial charge in [0.2, 0.25) is 0 Å². The minimum atomic E-state index is -0.357. The van der Waals surface area contributed by atoms with Crippen molar-refractivity contribution in [2.45, 2.75) is 0 Å². The lowest BCUT2D eigenvalue weighted by atomic mass is 10.1. The third kappa shape index (κ3) is 2.72. The predicted octanol–water partition coefficient (Wildman–Crippen LogP) is 6.17. The number of pyridine rings is 1. The molecule has 6 heteroatoms. The van der Waals surface area contributed by atoms with Gasteiger partial charge < -0.3 is 0 Å². The van der Waals surface area contributed by atoms with Crippen molar-refractivity contribution in [1.82, 2.24) is 14.8 Å². The molecular formula is C22H12ClF2N3. The Bertz CT molecular complexity index is 1340. The lowest BCUT2D eigenvalue weighted by Crippen LogP contribution is -1.97. The Hall–Kier alpha value is -3.31. The summed E-state index contributed by atoms with van der Waals surface area (Å²) < 4.78 is 29.1. The highest BCUT2D eigenvalue weighted by Gasteiger charge is 2.17. The number of rotatable bonds is 2. The van der Waals surface area contributed by atoms with Gasteiger partial charge in [0.15, 0.2) is 0 Å². The molecule has 0 bridgehead atoms. The minimum Gasteiger partial charge on any atom is -0.255 e. The molecule has 0 aliphatic rings. The summed E-state index contributed by atoms with van der Waals surface area (Å²) in [5.41, 5.74) is 3.48. The van der Waals surface area contributed by atoms with Gasteiger partial charge in [0.1, 0.15) is 17.3 Å². The molecule has 0 saturated carbocycles. The third-order valence-corrected chi connectivity index (χ3v) is 4.87. The zero-order valence-electron chi connectivity index (χ0n) is 14.4. The smallest absolute Gasteiger partial charge is 0.124 e. The molecule has 3 nitrogen and oxygen atoms in total. The molecular weight excluding hydrogens is 380 g/mol. The fraction of sp³-hybridized carbons (Fsp3) is 0. The van der Waals surface area contributed by atoms with Gasteiger partial charge in [-0.05, 0) is 60.7 Å². The van der Waals surface area contributed by atoms with Crippen LogP contribution in [0.25, 0.3) is 38.8 Å². The van der Waals surface area contributed by atoms with E-state index in [4.69, 9.17) is 16.7 Å². The summed E-state index contributed by atoms with van der Waals surface area (Å²) >= 11 is 6.18. The zero-order chi connectivity index (χ0) is 19.3. The Morgan fingerprint density at radius 3 is 2.39 bits per heavy atom. The van der Waals surface area contributed by atoms with Crippen molar-refractivity contribution in [3.63, 3.8) is 0 Å². The van der Waals surface area contributed by atoms with E-state index >= 15 is 0 Å². The quantitative estimate of drug-likeness (QED) is 0.360. The Kier molecular flexibility index (Phi) is 3.84. The molecule has 0 spiro atoms. The van der Waals surface area contributed by atoms with E-state index in [2.05, 4.69) is 4.98 Å². The highest BCUT2D eigenvalue weighted by molar-refractivity contribution is 6.30. The summed E-state index contributed by atoms with van der Waals surface area (Å²) in [7, 11) is 0. The average molecular weight is 392 g/mol. The fourth-order valence-corrected chi connectivity index (χ4v) is 3.56. The molecule has 28 heavy (non-hydrogen) atoms. The Morgan fingerprint density at radius 2 is 1.61 bits per heavy atom. The summed E-state index contributed by atoms with van der Waals surface area (Å²) in [5.74, 6) is -0.683. The summed E-state index contributed by atoms with van der Waals surface area (Å²) in [5, 5.41) is 6.70. The van der Waals surface area contributed by atoms with Gasteiger partial charge in [0.25, 0.3) is 0 Å². The van der Waals surface area contributed by atoms with Crippen molar-refractivity contribution in [3.05, 3.63) is 89.6 Å². The van der Waals surface area contributed by atoms with E-state index in [0.717, 1.165) is 16.6 Å². The molecule has 0 atom stereocenters. The molecule has 0 saturated heterocycles. The van der Waals surface area contributed by atoms with Crippen molar-refractivity contribution in [1.29, 1.82) is 0 Å². The van der Waals surface area contributed by atoms with Crippen LogP contribution < -0.4 is 0 Å². The summed E-state index contributed by atoms with van der Waals surface area (Å²) in [6.45, 7) is 0. The van der Waals surface area contributed by atoms with E-state index in [9.17, 15) is 8.78 Å². The maximum Gasteiger partial charge on any atom is 0.124 e. The maximum absolute atomic E-state index is 14.0. The van der Waals surface area contributed by atoms with Crippen LogP contribution in [-0.2, 0) is 0 Å². The Labute approximate surface area is 163 Å². The van der Waals surface area contributed by atoms with Crippen LogP contribution in [0.5, 0.6) is 0 Å². The molecule has 5 rings (SSSR count). The second-order valence-corrected chi connectivity index (χ2v) is 6.87. The van der Waals surface area contributed by atoms with Gasteiger partial charge in [-0.1, -0.05) is 17.7 Å². The van der Waals surface area contributed by atoms with E-state index in [1.807, 2.05) is 12.1 Å². The largest absolute Gasteiger partial charge is 0.255 e. The highest BCUT2D eigenvalue weighted by atomic mass is 35.5. The van der Waals surface area contributed by atoms with Crippen molar-refractivity contribution < 1.29 is 8.78 Å². The number of halogens is 3. The molecule has 0 fully saturated rings. The van der Waals surface area contributed by atoms with Gasteiger partial charge in [-0.25, -0.2) is 13.5 Å². The summed E-state index contributed by atoms with van der Waals surface area (Å²) in [4.78, 5) is 4.46. The second-order valence-electron chi connectivity index (χ2n) is 6.43. The normalized spacial score (nSPS) is 11.4. The number of aromatic nitrogens is 3. The molecule has 0 radical (unpaired) electrons. The molecule has 3 aromatic carbocycles. The van der Waals surface area contributed by atoms with Gasteiger partial charge in [-0.2, -0.15) is 5.10 Å². The summed E-state index contributed by atoms with van der Waals surface area (Å²) in [6, 6.07) is 17.8. The van der Waals surface area contributed by atoms with Crippen LogP contribution >= 0.6 is 11.6 Å². The van der Waals surface area contributed by atoms with E-state index in [-0.39, 0.29) is 11.6 Å². The van der Waals surface area contributed by atoms with Crippen LogP contribution in [0.3, 0.4) is 0 Å². The number of hydrogen-bond donors (Lipinski definition) is 0. The SMILES string of the molecule is Fc1ccc(-c2nn(-c3cccc(Cl)c3)c3c2cnc2ccc(F)cc23)cc1. The molecule has 2 aromatic heterocycles. The standard InChI is InChI=1S/C22H12ClF2N3/c23-14-2-1-3-17(10-14)28-22-18-11-16(25)8-9-20(18)26-12-19(22)21(27-28)13-4-6-15(24)7-5-13/h1-12H. The second kappa shape index (κ2) is 6.39. The van der Waals surface area contributed by atoms with Crippen molar-refractivity contribution >= 4 is 33.4 Å². The Morgan fingerprint density at radius 1 is 0.821 bits per heavy atom. The van der Waals surface area contributed by atoms with Crippen molar-refractivity contribution in [2.24, 2.45) is 0 Å².